The van der Waals surface area contributed by atoms with E-state index in [1.807, 2.05) is 12.1 Å². The normalized spacial score (nSPS) is 10.0. The molecule has 0 aliphatic rings. The lowest BCUT2D eigenvalue weighted by atomic mass is 10.1. The summed E-state index contributed by atoms with van der Waals surface area (Å²) in [5.74, 6) is -0.0864. The van der Waals surface area contributed by atoms with Crippen LogP contribution in [0.25, 0.3) is 0 Å². The Hall–Kier alpha value is -1.83. The third kappa shape index (κ3) is 3.84. The van der Waals surface area contributed by atoms with E-state index in [-0.39, 0.29) is 5.91 Å². The van der Waals surface area contributed by atoms with Gasteiger partial charge in [0, 0.05) is 23.6 Å². The van der Waals surface area contributed by atoms with Crippen molar-refractivity contribution >= 4 is 33.4 Å². The fourth-order valence-corrected chi connectivity index (χ4v) is 2.38. The maximum atomic E-state index is 12.3. The highest BCUT2D eigenvalue weighted by Crippen LogP contribution is 2.24. The minimum Gasteiger partial charge on any atom is -0.337 e. The molecule has 0 bridgehead atoms. The molecule has 5 heteroatoms. The standard InChI is InChI=1S/C16H12BrClN2O/c1-20(10-12-4-2-11(9-19)3-5-12)16(21)13-6-7-15(18)14(17)8-13/h2-8H,10H2,1H3. The minimum atomic E-state index is -0.0864. The van der Waals surface area contributed by atoms with Crippen LogP contribution in [0.5, 0.6) is 0 Å². The van der Waals surface area contributed by atoms with Crippen molar-refractivity contribution in [2.45, 2.75) is 6.54 Å². The SMILES string of the molecule is CN(Cc1ccc(C#N)cc1)C(=O)c1ccc(Cl)c(Br)c1. The van der Waals surface area contributed by atoms with Crippen LogP contribution in [0, 0.1) is 11.3 Å². The highest BCUT2D eigenvalue weighted by molar-refractivity contribution is 9.10. The Morgan fingerprint density at radius 3 is 2.52 bits per heavy atom. The van der Waals surface area contributed by atoms with Crippen LogP contribution in [0.1, 0.15) is 21.5 Å². The van der Waals surface area contributed by atoms with Crippen molar-refractivity contribution in [2.24, 2.45) is 0 Å². The predicted octanol–water partition coefficient (Wildman–Crippen LogP) is 4.25. The molecule has 0 fully saturated rings. The first-order valence-corrected chi connectivity index (χ1v) is 7.38. The van der Waals surface area contributed by atoms with Crippen LogP contribution in [-0.2, 0) is 6.54 Å². The average molecular weight is 364 g/mol. The van der Waals surface area contributed by atoms with E-state index in [1.165, 1.54) is 0 Å². The Kier molecular flexibility index (Phi) is 5.00. The largest absolute Gasteiger partial charge is 0.337 e. The second kappa shape index (κ2) is 6.75. The van der Waals surface area contributed by atoms with E-state index in [9.17, 15) is 4.79 Å². The van der Waals surface area contributed by atoms with Crippen molar-refractivity contribution in [3.8, 4) is 6.07 Å². The number of benzene rings is 2. The minimum absolute atomic E-state index is 0.0864. The van der Waals surface area contributed by atoms with Gasteiger partial charge in [-0.3, -0.25) is 4.79 Å². The van der Waals surface area contributed by atoms with E-state index in [1.54, 1.807) is 42.3 Å². The van der Waals surface area contributed by atoms with E-state index in [2.05, 4.69) is 22.0 Å². The summed E-state index contributed by atoms with van der Waals surface area (Å²) in [6.07, 6.45) is 0. The number of amides is 1. The summed E-state index contributed by atoms with van der Waals surface area (Å²) in [5.41, 5.74) is 2.15. The Morgan fingerprint density at radius 2 is 1.95 bits per heavy atom. The van der Waals surface area contributed by atoms with E-state index < -0.39 is 0 Å². The van der Waals surface area contributed by atoms with Gasteiger partial charge in [-0.1, -0.05) is 23.7 Å². The first-order chi connectivity index (χ1) is 10.0. The smallest absolute Gasteiger partial charge is 0.253 e. The van der Waals surface area contributed by atoms with Crippen molar-refractivity contribution in [2.75, 3.05) is 7.05 Å². The lowest BCUT2D eigenvalue weighted by Crippen LogP contribution is -2.26. The Labute approximate surface area is 136 Å². The summed E-state index contributed by atoms with van der Waals surface area (Å²) in [7, 11) is 1.74. The van der Waals surface area contributed by atoms with Crippen LogP contribution >= 0.6 is 27.5 Å². The van der Waals surface area contributed by atoms with Crippen LogP contribution in [0.4, 0.5) is 0 Å². The second-order valence-corrected chi connectivity index (χ2v) is 5.86. The van der Waals surface area contributed by atoms with Crippen LogP contribution in [0.2, 0.25) is 5.02 Å². The predicted molar refractivity (Wildman–Crippen MR) is 86.1 cm³/mol. The molecule has 3 nitrogen and oxygen atoms in total. The number of hydrogen-bond acceptors (Lipinski definition) is 2. The van der Waals surface area contributed by atoms with Gasteiger partial charge in [-0.15, -0.1) is 0 Å². The van der Waals surface area contributed by atoms with Crippen LogP contribution in [0.15, 0.2) is 46.9 Å². The zero-order valence-corrected chi connectivity index (χ0v) is 13.6. The maximum absolute atomic E-state index is 12.3. The zero-order chi connectivity index (χ0) is 15.4. The van der Waals surface area contributed by atoms with Gasteiger partial charge in [0.05, 0.1) is 16.7 Å². The number of carbonyl (C=O) groups excluding carboxylic acids is 1. The number of rotatable bonds is 3. The van der Waals surface area contributed by atoms with Gasteiger partial charge in [-0.05, 0) is 51.8 Å². The molecular formula is C16H12BrClN2O. The molecule has 2 aromatic rings. The molecule has 2 rings (SSSR count). The van der Waals surface area contributed by atoms with Crippen LogP contribution < -0.4 is 0 Å². The highest BCUT2D eigenvalue weighted by atomic mass is 79.9. The molecule has 0 atom stereocenters. The van der Waals surface area contributed by atoms with Gasteiger partial charge in [0.1, 0.15) is 0 Å². The van der Waals surface area contributed by atoms with Crippen LogP contribution in [-0.4, -0.2) is 17.9 Å². The van der Waals surface area contributed by atoms with Gasteiger partial charge < -0.3 is 4.90 Å². The topological polar surface area (TPSA) is 44.1 Å². The molecule has 0 saturated heterocycles. The molecule has 1 amide bonds. The van der Waals surface area contributed by atoms with Crippen molar-refractivity contribution in [3.63, 3.8) is 0 Å². The van der Waals surface area contributed by atoms with E-state index in [0.717, 1.165) is 5.56 Å². The van der Waals surface area contributed by atoms with Crippen molar-refractivity contribution in [3.05, 3.63) is 68.7 Å². The molecule has 0 N–H and O–H groups in total. The number of nitriles is 1. The Morgan fingerprint density at radius 1 is 1.29 bits per heavy atom. The molecule has 0 saturated carbocycles. The first kappa shape index (κ1) is 15.6. The van der Waals surface area contributed by atoms with E-state index >= 15 is 0 Å². The first-order valence-electron chi connectivity index (χ1n) is 6.21. The van der Waals surface area contributed by atoms with Gasteiger partial charge in [-0.25, -0.2) is 0 Å². The molecule has 0 spiro atoms. The lowest BCUT2D eigenvalue weighted by molar-refractivity contribution is 0.0785. The fourth-order valence-electron chi connectivity index (χ4n) is 1.88. The number of halogens is 2. The zero-order valence-electron chi connectivity index (χ0n) is 11.3. The van der Waals surface area contributed by atoms with Gasteiger partial charge in [-0.2, -0.15) is 5.26 Å². The maximum Gasteiger partial charge on any atom is 0.253 e. The average Bonchev–Trinajstić information content (AvgIpc) is 2.50. The third-order valence-corrected chi connectivity index (χ3v) is 4.23. The highest BCUT2D eigenvalue weighted by Gasteiger charge is 2.13. The van der Waals surface area contributed by atoms with Gasteiger partial charge >= 0.3 is 0 Å². The van der Waals surface area contributed by atoms with Crippen molar-refractivity contribution < 1.29 is 4.79 Å². The molecule has 0 aliphatic carbocycles. The van der Waals surface area contributed by atoms with Gasteiger partial charge in [0.15, 0.2) is 0 Å². The van der Waals surface area contributed by atoms with Crippen LogP contribution in [0.3, 0.4) is 0 Å². The Bertz CT molecular complexity index is 707. The third-order valence-electron chi connectivity index (χ3n) is 3.02. The summed E-state index contributed by atoms with van der Waals surface area (Å²) in [4.78, 5) is 14.0. The molecule has 106 valence electrons. The molecule has 21 heavy (non-hydrogen) atoms. The van der Waals surface area contributed by atoms with E-state index in [4.69, 9.17) is 16.9 Å². The van der Waals surface area contributed by atoms with Gasteiger partial charge in [0.25, 0.3) is 5.91 Å². The quantitative estimate of drug-likeness (QED) is 0.818. The van der Waals surface area contributed by atoms with Crippen molar-refractivity contribution in [1.82, 2.24) is 4.90 Å². The number of carbonyl (C=O) groups is 1. The monoisotopic (exact) mass is 362 g/mol. The molecular weight excluding hydrogens is 352 g/mol. The molecule has 0 heterocycles. The molecule has 0 unspecified atom stereocenters. The van der Waals surface area contributed by atoms with E-state index in [0.29, 0.717) is 27.2 Å². The number of nitrogens with zero attached hydrogens (tertiary/aromatic N) is 2. The summed E-state index contributed by atoms with van der Waals surface area (Å²) in [6.45, 7) is 0.477. The molecule has 0 aliphatic heterocycles. The molecule has 2 aromatic carbocycles. The Balaban J connectivity index is 2.11. The lowest BCUT2D eigenvalue weighted by Gasteiger charge is -2.17. The summed E-state index contributed by atoms with van der Waals surface area (Å²) in [6, 6.07) is 14.3. The number of hydrogen-bond donors (Lipinski definition) is 0. The molecule has 0 radical (unpaired) electrons. The van der Waals surface area contributed by atoms with Gasteiger partial charge in [0.2, 0.25) is 0 Å². The molecule has 0 aromatic heterocycles. The summed E-state index contributed by atoms with van der Waals surface area (Å²) < 4.78 is 0.696. The second-order valence-electron chi connectivity index (χ2n) is 4.60. The van der Waals surface area contributed by atoms with Crippen molar-refractivity contribution in [1.29, 1.82) is 5.26 Å². The summed E-state index contributed by atoms with van der Waals surface area (Å²) in [5, 5.41) is 9.34. The summed E-state index contributed by atoms with van der Waals surface area (Å²) >= 11 is 9.24. The fraction of sp³-hybridized carbons (Fsp3) is 0.125.